The maximum absolute atomic E-state index is 11.6. The van der Waals surface area contributed by atoms with Crippen molar-refractivity contribution >= 4 is 5.91 Å². The zero-order valence-electron chi connectivity index (χ0n) is 19.8. The van der Waals surface area contributed by atoms with E-state index in [1.165, 1.54) is 31.2 Å². The van der Waals surface area contributed by atoms with Crippen LogP contribution in [0.3, 0.4) is 0 Å². The average Bonchev–Trinajstić information content (AvgIpc) is 2.65. The molecule has 1 heterocycles. The molecule has 1 saturated carbocycles. The number of hydrogen-bond donors (Lipinski definition) is 2. The number of rotatable bonds is 7. The number of amides is 1. The number of phenols is 1. The summed E-state index contributed by atoms with van der Waals surface area (Å²) < 4.78 is 6.51. The number of ether oxygens (including phenoxy) is 1. The quantitative estimate of drug-likeness (QED) is 0.516. The fourth-order valence-electron chi connectivity index (χ4n) is 5.75. The monoisotopic (exact) mass is 415 g/mol. The minimum atomic E-state index is -0.278. The second-order valence-electron chi connectivity index (χ2n) is 10.3. The number of hydrogen-bond acceptors (Lipinski definition) is 3. The molecule has 0 saturated heterocycles. The molecular formula is C26H41NO3. The van der Waals surface area contributed by atoms with Crippen molar-refractivity contribution in [1.82, 2.24) is 5.32 Å². The van der Waals surface area contributed by atoms with Gasteiger partial charge < -0.3 is 15.2 Å². The largest absolute Gasteiger partial charge is 0.508 e. The topological polar surface area (TPSA) is 58.6 Å². The van der Waals surface area contributed by atoms with E-state index in [0.29, 0.717) is 23.5 Å². The Bertz CT molecular complexity index is 757. The summed E-state index contributed by atoms with van der Waals surface area (Å²) in [5, 5.41) is 14.2. The van der Waals surface area contributed by atoms with Gasteiger partial charge in [-0.05, 0) is 68.6 Å². The highest BCUT2D eigenvalue weighted by Crippen LogP contribution is 2.55. The number of carbonyl (C=O) groups is 1. The van der Waals surface area contributed by atoms with E-state index in [9.17, 15) is 9.90 Å². The molecule has 1 amide bonds. The molecule has 2 aliphatic rings. The van der Waals surface area contributed by atoms with Crippen molar-refractivity contribution in [1.29, 1.82) is 0 Å². The second kappa shape index (κ2) is 9.20. The highest BCUT2D eigenvalue weighted by atomic mass is 16.5. The molecule has 30 heavy (non-hydrogen) atoms. The molecule has 0 spiro atoms. The molecular weight excluding hydrogens is 374 g/mol. The van der Waals surface area contributed by atoms with Gasteiger partial charge in [0.2, 0.25) is 5.91 Å². The van der Waals surface area contributed by atoms with Gasteiger partial charge in [-0.25, -0.2) is 0 Å². The average molecular weight is 416 g/mol. The van der Waals surface area contributed by atoms with Gasteiger partial charge in [0.05, 0.1) is 0 Å². The molecule has 4 heteroatoms. The normalized spacial score (nSPS) is 26.7. The van der Waals surface area contributed by atoms with Crippen LogP contribution in [0.4, 0.5) is 0 Å². The van der Waals surface area contributed by atoms with Crippen LogP contribution in [0.1, 0.15) is 109 Å². The van der Waals surface area contributed by atoms with Gasteiger partial charge in [-0.3, -0.25) is 4.79 Å². The first kappa shape index (κ1) is 23.0. The van der Waals surface area contributed by atoms with E-state index < -0.39 is 0 Å². The zero-order chi connectivity index (χ0) is 22.1. The summed E-state index contributed by atoms with van der Waals surface area (Å²) in [7, 11) is 0. The highest BCUT2D eigenvalue weighted by molar-refractivity contribution is 5.73. The number of unbranched alkanes of at least 4 members (excludes halogenated alkanes) is 2. The fraction of sp³-hybridized carbons (Fsp3) is 0.731. The number of fused-ring (bicyclic) bond motifs is 3. The van der Waals surface area contributed by atoms with Crippen LogP contribution in [0.15, 0.2) is 12.1 Å². The summed E-state index contributed by atoms with van der Waals surface area (Å²) in [6, 6.07) is 4.32. The fourth-order valence-corrected chi connectivity index (χ4v) is 5.75. The molecule has 5 atom stereocenters. The van der Waals surface area contributed by atoms with Crippen LogP contribution in [0.2, 0.25) is 0 Å². The van der Waals surface area contributed by atoms with Gasteiger partial charge in [0, 0.05) is 24.4 Å². The third-order valence-electron chi connectivity index (χ3n) is 7.68. The van der Waals surface area contributed by atoms with Gasteiger partial charge in [-0.1, -0.05) is 46.5 Å². The lowest BCUT2D eigenvalue weighted by molar-refractivity contribution is -0.120. The lowest BCUT2D eigenvalue weighted by Gasteiger charge is -2.49. The number of nitrogens with one attached hydrogen (secondary N) is 1. The zero-order valence-corrected chi connectivity index (χ0v) is 19.8. The molecule has 1 aromatic rings. The Hall–Kier alpha value is -1.71. The Morgan fingerprint density at radius 3 is 2.67 bits per heavy atom. The summed E-state index contributed by atoms with van der Waals surface area (Å²) in [6.07, 6.45) is 7.81. The van der Waals surface area contributed by atoms with E-state index >= 15 is 0 Å². The summed E-state index contributed by atoms with van der Waals surface area (Å²) in [4.78, 5) is 11.6. The third kappa shape index (κ3) is 4.78. The molecule has 3 unspecified atom stereocenters. The SMILES string of the molecule is CCCCCC(C)C(C)c1cc(O)c2c(c1)OC(C)(C)[C@@H]1CCC(NC(C)=O)C[C@@H]21. The molecule has 4 nitrogen and oxygen atoms in total. The molecule has 0 bridgehead atoms. The van der Waals surface area contributed by atoms with Crippen molar-refractivity contribution in [3.05, 3.63) is 23.3 Å². The van der Waals surface area contributed by atoms with Crippen molar-refractivity contribution in [2.24, 2.45) is 11.8 Å². The summed E-state index contributed by atoms with van der Waals surface area (Å²) >= 11 is 0. The first-order valence-corrected chi connectivity index (χ1v) is 12.0. The van der Waals surface area contributed by atoms with Gasteiger partial charge in [0.1, 0.15) is 17.1 Å². The van der Waals surface area contributed by atoms with Crippen molar-refractivity contribution < 1.29 is 14.6 Å². The van der Waals surface area contributed by atoms with Crippen LogP contribution < -0.4 is 10.1 Å². The van der Waals surface area contributed by atoms with Gasteiger partial charge in [0.25, 0.3) is 0 Å². The number of aromatic hydroxyl groups is 1. The van der Waals surface area contributed by atoms with Crippen molar-refractivity contribution in [2.45, 2.75) is 110 Å². The molecule has 3 rings (SSSR count). The molecule has 0 aromatic heterocycles. The summed E-state index contributed by atoms with van der Waals surface area (Å²) in [5.74, 6) is 2.72. The van der Waals surface area contributed by atoms with E-state index in [1.54, 1.807) is 6.92 Å². The van der Waals surface area contributed by atoms with Gasteiger partial charge in [0.15, 0.2) is 0 Å². The first-order chi connectivity index (χ1) is 14.1. The molecule has 1 aromatic carbocycles. The first-order valence-electron chi connectivity index (χ1n) is 12.0. The van der Waals surface area contributed by atoms with Crippen LogP contribution in [0.5, 0.6) is 11.5 Å². The number of benzene rings is 1. The molecule has 168 valence electrons. The lowest BCUT2D eigenvalue weighted by Crippen LogP contribution is -2.50. The summed E-state index contributed by atoms with van der Waals surface area (Å²) in [5.41, 5.74) is 1.84. The van der Waals surface area contributed by atoms with Crippen molar-refractivity contribution in [2.75, 3.05) is 0 Å². The van der Waals surface area contributed by atoms with Crippen molar-refractivity contribution in [3.8, 4) is 11.5 Å². The molecule has 2 N–H and O–H groups in total. The third-order valence-corrected chi connectivity index (χ3v) is 7.68. The Morgan fingerprint density at radius 2 is 2.00 bits per heavy atom. The van der Waals surface area contributed by atoms with E-state index in [4.69, 9.17) is 4.74 Å². The maximum Gasteiger partial charge on any atom is 0.217 e. The van der Waals surface area contributed by atoms with Gasteiger partial charge >= 0.3 is 0 Å². The predicted molar refractivity (Wildman–Crippen MR) is 122 cm³/mol. The Balaban J connectivity index is 1.88. The number of carbonyl (C=O) groups excluding carboxylic acids is 1. The molecule has 0 radical (unpaired) electrons. The van der Waals surface area contributed by atoms with Gasteiger partial charge in [-0.2, -0.15) is 0 Å². The van der Waals surface area contributed by atoms with Crippen LogP contribution in [-0.2, 0) is 4.79 Å². The maximum atomic E-state index is 11.6. The van der Waals surface area contributed by atoms with E-state index in [-0.39, 0.29) is 23.5 Å². The van der Waals surface area contributed by atoms with E-state index in [1.807, 2.05) is 6.07 Å². The Morgan fingerprint density at radius 1 is 1.27 bits per heavy atom. The highest BCUT2D eigenvalue weighted by Gasteiger charge is 2.48. The number of phenolic OH excluding ortho intramolecular Hbond substituents is 1. The second-order valence-corrected chi connectivity index (χ2v) is 10.3. The van der Waals surface area contributed by atoms with Crippen molar-refractivity contribution in [3.63, 3.8) is 0 Å². The molecule has 1 aliphatic heterocycles. The smallest absolute Gasteiger partial charge is 0.217 e. The van der Waals surface area contributed by atoms with Crippen LogP contribution >= 0.6 is 0 Å². The predicted octanol–water partition coefficient (Wildman–Crippen LogP) is 6.27. The van der Waals surface area contributed by atoms with Crippen LogP contribution in [0, 0.1) is 11.8 Å². The lowest BCUT2D eigenvalue weighted by atomic mass is 9.65. The van der Waals surface area contributed by atoms with E-state index in [0.717, 1.165) is 30.6 Å². The minimum Gasteiger partial charge on any atom is -0.508 e. The Labute approximate surface area is 182 Å². The summed E-state index contributed by atoms with van der Waals surface area (Å²) in [6.45, 7) is 12.8. The van der Waals surface area contributed by atoms with Crippen LogP contribution in [-0.4, -0.2) is 22.7 Å². The van der Waals surface area contributed by atoms with Crippen LogP contribution in [0.25, 0.3) is 0 Å². The van der Waals surface area contributed by atoms with Gasteiger partial charge in [-0.15, -0.1) is 0 Å². The molecule has 1 fully saturated rings. The standard InChI is InChI=1S/C26H41NO3/c1-7-8-9-10-16(2)17(3)19-13-23(29)25-21-15-20(27-18(4)28)11-12-22(21)26(5,6)30-24(25)14-19/h13-14,16-17,20-22,29H,7-12,15H2,1-6H3,(H,27,28)/t16?,17?,20?,21-,22-/m1/s1. The Kier molecular flexibility index (Phi) is 7.04. The van der Waals surface area contributed by atoms with E-state index in [2.05, 4.69) is 46.0 Å². The molecule has 1 aliphatic carbocycles. The minimum absolute atomic E-state index is 0.0236.